The average molecular weight is 262 g/mol. The van der Waals surface area contributed by atoms with Crippen LogP contribution in [0.1, 0.15) is 21.7 Å². The molecule has 0 saturated heterocycles. The Balaban J connectivity index is 2.16. The molecule has 1 aromatic heterocycles. The van der Waals surface area contributed by atoms with Gasteiger partial charge in [-0.3, -0.25) is 4.79 Å². The fraction of sp³-hybridized carbons (Fsp3) is 0.154. The molecule has 0 unspecified atom stereocenters. The highest BCUT2D eigenvalue weighted by Crippen LogP contribution is 2.20. The molecule has 1 aromatic carbocycles. The molecule has 0 fully saturated rings. The van der Waals surface area contributed by atoms with Crippen LogP contribution in [0, 0.1) is 13.8 Å². The number of carbonyl (C=O) groups excluding carboxylic acids is 1. The first kappa shape index (κ1) is 12.5. The van der Waals surface area contributed by atoms with E-state index in [4.69, 9.17) is 11.6 Å². The lowest BCUT2D eigenvalue weighted by Crippen LogP contribution is -2.14. The summed E-state index contributed by atoms with van der Waals surface area (Å²) in [5.74, 6) is -0.303. The topological polar surface area (TPSA) is 54.9 Å². The first-order valence-electron chi connectivity index (χ1n) is 5.44. The van der Waals surface area contributed by atoms with Crippen molar-refractivity contribution in [1.29, 1.82) is 0 Å². The van der Waals surface area contributed by atoms with Gasteiger partial charge in [0.25, 0.3) is 5.91 Å². The SMILES string of the molecule is Cc1ccc(C(=O)Nc2ccc(C)c(Cl)c2)nn1. The van der Waals surface area contributed by atoms with Crippen LogP contribution in [-0.4, -0.2) is 16.1 Å². The molecule has 18 heavy (non-hydrogen) atoms. The Morgan fingerprint density at radius 3 is 2.56 bits per heavy atom. The van der Waals surface area contributed by atoms with Crippen molar-refractivity contribution >= 4 is 23.2 Å². The van der Waals surface area contributed by atoms with Gasteiger partial charge in [0, 0.05) is 10.7 Å². The van der Waals surface area contributed by atoms with Crippen molar-refractivity contribution in [3.63, 3.8) is 0 Å². The first-order valence-corrected chi connectivity index (χ1v) is 5.82. The Morgan fingerprint density at radius 1 is 1.17 bits per heavy atom. The number of carbonyl (C=O) groups is 1. The average Bonchev–Trinajstić information content (AvgIpc) is 2.34. The summed E-state index contributed by atoms with van der Waals surface area (Å²) in [4.78, 5) is 11.9. The van der Waals surface area contributed by atoms with Crippen LogP contribution in [0.5, 0.6) is 0 Å². The van der Waals surface area contributed by atoms with Gasteiger partial charge in [-0.25, -0.2) is 0 Å². The van der Waals surface area contributed by atoms with E-state index in [0.29, 0.717) is 10.7 Å². The molecule has 0 aliphatic rings. The molecular formula is C13H12ClN3O. The smallest absolute Gasteiger partial charge is 0.276 e. The first-order chi connectivity index (χ1) is 8.56. The van der Waals surface area contributed by atoms with E-state index >= 15 is 0 Å². The Labute approximate surface area is 110 Å². The zero-order valence-corrected chi connectivity index (χ0v) is 10.8. The minimum atomic E-state index is -0.303. The summed E-state index contributed by atoms with van der Waals surface area (Å²) in [5.41, 5.74) is 2.64. The summed E-state index contributed by atoms with van der Waals surface area (Å²) < 4.78 is 0. The maximum atomic E-state index is 11.9. The number of aryl methyl sites for hydroxylation is 2. The molecule has 0 saturated carbocycles. The van der Waals surface area contributed by atoms with Gasteiger partial charge in [-0.2, -0.15) is 5.10 Å². The van der Waals surface area contributed by atoms with E-state index in [1.54, 1.807) is 24.3 Å². The lowest BCUT2D eigenvalue weighted by atomic mass is 10.2. The van der Waals surface area contributed by atoms with Crippen LogP contribution in [0.15, 0.2) is 30.3 Å². The van der Waals surface area contributed by atoms with Gasteiger partial charge in [-0.1, -0.05) is 17.7 Å². The monoisotopic (exact) mass is 261 g/mol. The van der Waals surface area contributed by atoms with Crippen molar-refractivity contribution in [3.8, 4) is 0 Å². The number of aromatic nitrogens is 2. The fourth-order valence-corrected chi connectivity index (χ4v) is 1.57. The van der Waals surface area contributed by atoms with Crippen LogP contribution in [0.2, 0.25) is 5.02 Å². The lowest BCUT2D eigenvalue weighted by molar-refractivity contribution is 0.102. The molecule has 5 heteroatoms. The third-order valence-corrected chi connectivity index (χ3v) is 2.87. The summed E-state index contributed by atoms with van der Waals surface area (Å²) in [5, 5.41) is 11.0. The largest absolute Gasteiger partial charge is 0.321 e. The third kappa shape index (κ3) is 2.84. The molecule has 0 atom stereocenters. The molecule has 0 spiro atoms. The minimum Gasteiger partial charge on any atom is -0.321 e. The molecule has 2 aromatic rings. The highest BCUT2D eigenvalue weighted by molar-refractivity contribution is 6.31. The van der Waals surface area contributed by atoms with Crippen molar-refractivity contribution in [1.82, 2.24) is 10.2 Å². The molecular weight excluding hydrogens is 250 g/mol. The summed E-state index contributed by atoms with van der Waals surface area (Å²) in [6.07, 6.45) is 0. The number of nitrogens with one attached hydrogen (secondary N) is 1. The zero-order chi connectivity index (χ0) is 13.1. The molecule has 0 bridgehead atoms. The van der Waals surface area contributed by atoms with E-state index in [2.05, 4.69) is 15.5 Å². The van der Waals surface area contributed by atoms with E-state index in [9.17, 15) is 4.79 Å². The Bertz CT molecular complexity index is 581. The highest BCUT2D eigenvalue weighted by atomic mass is 35.5. The van der Waals surface area contributed by atoms with Crippen LogP contribution < -0.4 is 5.32 Å². The molecule has 1 N–H and O–H groups in total. The van der Waals surface area contributed by atoms with Crippen LogP contribution in [0.3, 0.4) is 0 Å². The number of nitrogens with zero attached hydrogens (tertiary/aromatic N) is 2. The second-order valence-corrected chi connectivity index (χ2v) is 4.39. The second-order valence-electron chi connectivity index (χ2n) is 3.98. The lowest BCUT2D eigenvalue weighted by Gasteiger charge is -2.06. The van der Waals surface area contributed by atoms with Gasteiger partial charge in [0.2, 0.25) is 0 Å². The van der Waals surface area contributed by atoms with Crippen LogP contribution in [-0.2, 0) is 0 Å². The van der Waals surface area contributed by atoms with Crippen LogP contribution in [0.4, 0.5) is 5.69 Å². The zero-order valence-electron chi connectivity index (χ0n) is 10.1. The summed E-state index contributed by atoms with van der Waals surface area (Å²) in [6, 6.07) is 8.72. The minimum absolute atomic E-state index is 0.275. The normalized spacial score (nSPS) is 10.2. The van der Waals surface area contributed by atoms with Gasteiger partial charge in [-0.15, -0.1) is 5.10 Å². The summed E-state index contributed by atoms with van der Waals surface area (Å²) in [7, 11) is 0. The maximum absolute atomic E-state index is 11.9. The Hall–Kier alpha value is -1.94. The van der Waals surface area contributed by atoms with Crippen molar-refractivity contribution < 1.29 is 4.79 Å². The predicted molar refractivity (Wildman–Crippen MR) is 70.9 cm³/mol. The van der Waals surface area contributed by atoms with Crippen LogP contribution in [0.25, 0.3) is 0 Å². The van der Waals surface area contributed by atoms with E-state index in [1.807, 2.05) is 19.9 Å². The second kappa shape index (κ2) is 5.14. The number of hydrogen-bond acceptors (Lipinski definition) is 3. The van der Waals surface area contributed by atoms with Crippen molar-refractivity contribution in [2.24, 2.45) is 0 Å². The van der Waals surface area contributed by atoms with E-state index in [0.717, 1.165) is 11.3 Å². The highest BCUT2D eigenvalue weighted by Gasteiger charge is 2.08. The number of halogens is 1. The quantitative estimate of drug-likeness (QED) is 0.904. The Kier molecular flexibility index (Phi) is 3.58. The maximum Gasteiger partial charge on any atom is 0.276 e. The van der Waals surface area contributed by atoms with Crippen molar-refractivity contribution in [2.45, 2.75) is 13.8 Å². The van der Waals surface area contributed by atoms with Crippen molar-refractivity contribution in [3.05, 3.63) is 52.3 Å². The van der Waals surface area contributed by atoms with Gasteiger partial charge in [0.05, 0.1) is 5.69 Å². The summed E-state index contributed by atoms with van der Waals surface area (Å²) in [6.45, 7) is 3.72. The molecule has 0 aliphatic carbocycles. The van der Waals surface area contributed by atoms with E-state index in [-0.39, 0.29) is 11.6 Å². The van der Waals surface area contributed by atoms with E-state index < -0.39 is 0 Å². The number of hydrogen-bond donors (Lipinski definition) is 1. The number of anilines is 1. The number of benzene rings is 1. The molecule has 92 valence electrons. The summed E-state index contributed by atoms with van der Waals surface area (Å²) >= 11 is 5.98. The number of amides is 1. The molecule has 1 amide bonds. The van der Waals surface area contributed by atoms with Crippen LogP contribution >= 0.6 is 11.6 Å². The Morgan fingerprint density at radius 2 is 1.94 bits per heavy atom. The van der Waals surface area contributed by atoms with Gasteiger partial charge < -0.3 is 5.32 Å². The standard InChI is InChI=1S/C13H12ClN3O/c1-8-3-5-10(7-11(8)14)15-13(18)12-6-4-9(2)16-17-12/h3-7H,1-2H3,(H,15,18). The molecule has 1 heterocycles. The van der Waals surface area contributed by atoms with Gasteiger partial charge in [0.15, 0.2) is 5.69 Å². The van der Waals surface area contributed by atoms with Gasteiger partial charge in [0.1, 0.15) is 0 Å². The predicted octanol–water partition coefficient (Wildman–Crippen LogP) is 3.00. The molecule has 2 rings (SSSR count). The molecule has 0 aliphatic heterocycles. The van der Waals surface area contributed by atoms with E-state index in [1.165, 1.54) is 0 Å². The molecule has 4 nitrogen and oxygen atoms in total. The van der Waals surface area contributed by atoms with Crippen molar-refractivity contribution in [2.75, 3.05) is 5.32 Å². The van der Waals surface area contributed by atoms with Gasteiger partial charge in [-0.05, 0) is 43.7 Å². The fourth-order valence-electron chi connectivity index (χ4n) is 1.39. The third-order valence-electron chi connectivity index (χ3n) is 2.46. The number of rotatable bonds is 2. The molecule has 0 radical (unpaired) electrons. The van der Waals surface area contributed by atoms with Gasteiger partial charge >= 0.3 is 0 Å².